The second-order valence-corrected chi connectivity index (χ2v) is 6.98. The predicted octanol–water partition coefficient (Wildman–Crippen LogP) is 4.47. The molecule has 2 rings (SSSR count). The highest BCUT2D eigenvalue weighted by Crippen LogP contribution is 2.30. The average molecular weight is 356 g/mol. The van der Waals surface area contributed by atoms with Gasteiger partial charge in [-0.15, -0.1) is 0 Å². The van der Waals surface area contributed by atoms with Crippen LogP contribution in [-0.4, -0.2) is 8.42 Å². The highest BCUT2D eigenvalue weighted by atomic mass is 35.5. The first-order valence-corrected chi connectivity index (χ1v) is 8.16. The lowest BCUT2D eigenvalue weighted by atomic mass is 10.2. The van der Waals surface area contributed by atoms with Crippen LogP contribution in [0.5, 0.6) is 0 Å². The first-order valence-electron chi connectivity index (χ1n) is 5.92. The molecular weight excluding hydrogens is 348 g/mol. The van der Waals surface area contributed by atoms with Gasteiger partial charge >= 0.3 is 0 Å². The van der Waals surface area contributed by atoms with Gasteiger partial charge < -0.3 is 0 Å². The number of nitriles is 1. The lowest BCUT2D eigenvalue weighted by molar-refractivity contribution is 0.603. The van der Waals surface area contributed by atoms with Crippen molar-refractivity contribution in [2.45, 2.75) is 4.90 Å². The molecule has 3 nitrogen and oxygen atoms in total. The summed E-state index contributed by atoms with van der Waals surface area (Å²) in [5, 5.41) is 9.27. The molecule has 0 atom stereocenters. The van der Waals surface area contributed by atoms with E-state index in [1.807, 2.05) is 0 Å². The quantitative estimate of drug-likeness (QED) is 0.763. The van der Waals surface area contributed by atoms with Gasteiger partial charge in [0.05, 0.1) is 9.92 Å². The van der Waals surface area contributed by atoms with Crippen LogP contribution >= 0.6 is 23.2 Å². The SMILES string of the molecule is N#C/C(=C\c1cccc(F)c1)S(=O)(=O)c1cc(Cl)ccc1Cl. The van der Waals surface area contributed by atoms with Crippen molar-refractivity contribution >= 4 is 39.1 Å². The van der Waals surface area contributed by atoms with Crippen molar-refractivity contribution in [2.24, 2.45) is 0 Å². The van der Waals surface area contributed by atoms with Gasteiger partial charge in [0.15, 0.2) is 0 Å². The van der Waals surface area contributed by atoms with Crippen LogP contribution in [-0.2, 0) is 9.84 Å². The second kappa shape index (κ2) is 6.49. The molecule has 0 aliphatic carbocycles. The molecule has 0 aromatic heterocycles. The van der Waals surface area contributed by atoms with Gasteiger partial charge in [-0.3, -0.25) is 0 Å². The zero-order chi connectivity index (χ0) is 16.3. The molecule has 2 aromatic rings. The van der Waals surface area contributed by atoms with Gasteiger partial charge in [0.25, 0.3) is 0 Å². The van der Waals surface area contributed by atoms with Crippen molar-refractivity contribution in [2.75, 3.05) is 0 Å². The molecule has 0 saturated carbocycles. The number of hydrogen-bond acceptors (Lipinski definition) is 3. The maximum Gasteiger partial charge on any atom is 0.218 e. The van der Waals surface area contributed by atoms with Crippen LogP contribution in [0.25, 0.3) is 6.08 Å². The van der Waals surface area contributed by atoms with Gasteiger partial charge in [-0.2, -0.15) is 5.26 Å². The minimum Gasteiger partial charge on any atom is -0.218 e. The van der Waals surface area contributed by atoms with Crippen LogP contribution in [0.3, 0.4) is 0 Å². The first kappa shape index (κ1) is 16.5. The number of nitrogens with zero attached hydrogens (tertiary/aromatic N) is 1. The van der Waals surface area contributed by atoms with Gasteiger partial charge in [-0.05, 0) is 42.0 Å². The van der Waals surface area contributed by atoms with Crippen molar-refractivity contribution in [3.05, 3.63) is 68.8 Å². The largest absolute Gasteiger partial charge is 0.218 e. The Kier molecular flexibility index (Phi) is 4.87. The Morgan fingerprint density at radius 2 is 1.91 bits per heavy atom. The molecule has 0 spiro atoms. The van der Waals surface area contributed by atoms with Crippen molar-refractivity contribution in [3.63, 3.8) is 0 Å². The van der Waals surface area contributed by atoms with Crippen molar-refractivity contribution in [1.82, 2.24) is 0 Å². The van der Waals surface area contributed by atoms with Gasteiger partial charge in [0, 0.05) is 5.02 Å². The standard InChI is InChI=1S/C15H8Cl2FNO2S/c16-11-4-5-14(17)15(8-11)22(20,21)13(9-19)7-10-2-1-3-12(18)6-10/h1-8H/b13-7+. The van der Waals surface area contributed by atoms with E-state index in [1.54, 1.807) is 6.07 Å². The molecule has 0 heterocycles. The van der Waals surface area contributed by atoms with Crippen LogP contribution in [0.15, 0.2) is 52.3 Å². The van der Waals surface area contributed by atoms with E-state index in [9.17, 15) is 12.8 Å². The summed E-state index contributed by atoms with van der Waals surface area (Å²) in [6, 6.07) is 10.8. The van der Waals surface area contributed by atoms with E-state index >= 15 is 0 Å². The maximum atomic E-state index is 13.2. The molecule has 0 unspecified atom stereocenters. The Morgan fingerprint density at radius 1 is 1.18 bits per heavy atom. The number of benzene rings is 2. The van der Waals surface area contributed by atoms with Crippen molar-refractivity contribution < 1.29 is 12.8 Å². The monoisotopic (exact) mass is 355 g/mol. The van der Waals surface area contributed by atoms with Gasteiger partial charge in [0.1, 0.15) is 16.8 Å². The van der Waals surface area contributed by atoms with Crippen LogP contribution in [0.2, 0.25) is 10.0 Å². The van der Waals surface area contributed by atoms with Crippen LogP contribution in [0, 0.1) is 17.1 Å². The molecule has 0 radical (unpaired) electrons. The lowest BCUT2D eigenvalue weighted by Gasteiger charge is -2.06. The summed E-state index contributed by atoms with van der Waals surface area (Å²) >= 11 is 11.7. The fourth-order valence-corrected chi connectivity index (χ4v) is 3.63. The molecule has 0 aliphatic rings. The summed E-state index contributed by atoms with van der Waals surface area (Å²) in [4.78, 5) is -0.826. The fourth-order valence-electron chi connectivity index (χ4n) is 1.72. The molecular formula is C15H8Cl2FNO2S. The summed E-state index contributed by atoms with van der Waals surface area (Å²) in [7, 11) is -4.15. The number of sulfone groups is 1. The third kappa shape index (κ3) is 3.47. The van der Waals surface area contributed by atoms with Crippen LogP contribution in [0.1, 0.15) is 5.56 Å². The zero-order valence-corrected chi connectivity index (χ0v) is 13.3. The summed E-state index contributed by atoms with van der Waals surface area (Å²) < 4.78 is 38.2. The highest BCUT2D eigenvalue weighted by molar-refractivity contribution is 7.95. The zero-order valence-electron chi connectivity index (χ0n) is 10.9. The summed E-state index contributed by atoms with van der Waals surface area (Å²) in [6.07, 6.45) is 1.08. The Bertz CT molecular complexity index is 902. The van der Waals surface area contributed by atoms with Crippen molar-refractivity contribution in [1.29, 1.82) is 5.26 Å². The number of rotatable bonds is 3. The second-order valence-electron chi connectivity index (χ2n) is 4.25. The van der Waals surface area contributed by atoms with Gasteiger partial charge in [-0.1, -0.05) is 35.3 Å². The number of hydrogen-bond donors (Lipinski definition) is 0. The molecule has 0 N–H and O–H groups in total. The molecule has 22 heavy (non-hydrogen) atoms. The third-order valence-corrected chi connectivity index (χ3v) is 5.11. The molecule has 0 saturated heterocycles. The molecule has 0 amide bonds. The normalized spacial score (nSPS) is 12.0. The minimum absolute atomic E-state index is 0.0511. The molecule has 2 aromatic carbocycles. The van der Waals surface area contributed by atoms with Crippen LogP contribution < -0.4 is 0 Å². The maximum absolute atomic E-state index is 13.2. The third-order valence-electron chi connectivity index (χ3n) is 2.73. The van der Waals surface area contributed by atoms with E-state index in [-0.39, 0.29) is 20.5 Å². The Labute approximate surface area is 137 Å². The summed E-state index contributed by atoms with van der Waals surface area (Å²) in [5.41, 5.74) is 0.248. The smallest absolute Gasteiger partial charge is 0.218 e. The van der Waals surface area contributed by atoms with Gasteiger partial charge in [-0.25, -0.2) is 12.8 Å². The fraction of sp³-hybridized carbons (Fsp3) is 0. The van der Waals surface area contributed by atoms with E-state index in [2.05, 4.69) is 0 Å². The van der Waals surface area contributed by atoms with E-state index < -0.39 is 20.6 Å². The van der Waals surface area contributed by atoms with E-state index in [0.29, 0.717) is 0 Å². The Morgan fingerprint density at radius 3 is 2.55 bits per heavy atom. The molecule has 0 aliphatic heterocycles. The topological polar surface area (TPSA) is 57.9 Å². The first-order chi connectivity index (χ1) is 10.3. The van der Waals surface area contributed by atoms with E-state index in [1.165, 1.54) is 30.3 Å². The van der Waals surface area contributed by atoms with E-state index in [0.717, 1.165) is 18.2 Å². The Hall–Kier alpha value is -1.87. The Balaban J connectivity index is 2.60. The summed E-state index contributed by atoms with van der Waals surface area (Å²) in [6.45, 7) is 0. The van der Waals surface area contributed by atoms with Crippen LogP contribution in [0.4, 0.5) is 4.39 Å². The van der Waals surface area contributed by atoms with E-state index in [4.69, 9.17) is 28.5 Å². The number of allylic oxidation sites excluding steroid dienone is 1. The lowest BCUT2D eigenvalue weighted by Crippen LogP contribution is -2.04. The molecule has 7 heteroatoms. The molecule has 112 valence electrons. The predicted molar refractivity (Wildman–Crippen MR) is 83.6 cm³/mol. The van der Waals surface area contributed by atoms with Gasteiger partial charge in [0.2, 0.25) is 9.84 Å². The summed E-state index contributed by atoms with van der Waals surface area (Å²) in [5.74, 6) is -0.538. The highest BCUT2D eigenvalue weighted by Gasteiger charge is 2.24. The number of halogens is 3. The molecule has 0 bridgehead atoms. The minimum atomic E-state index is -4.15. The molecule has 0 fully saturated rings. The average Bonchev–Trinajstić information content (AvgIpc) is 2.47. The van der Waals surface area contributed by atoms with Crippen molar-refractivity contribution in [3.8, 4) is 6.07 Å².